The van der Waals surface area contributed by atoms with Gasteiger partial charge in [-0.1, -0.05) is 23.7 Å². The first-order chi connectivity index (χ1) is 18.0. The number of hydrogen-bond acceptors (Lipinski definition) is 6. The van der Waals surface area contributed by atoms with E-state index in [1.54, 1.807) is 0 Å². The summed E-state index contributed by atoms with van der Waals surface area (Å²) in [5.41, 5.74) is -0.184. The number of anilines is 2. The van der Waals surface area contributed by atoms with Gasteiger partial charge in [0.05, 0.1) is 16.1 Å². The molecule has 1 aliphatic rings. The summed E-state index contributed by atoms with van der Waals surface area (Å²) in [6.07, 6.45) is -1.29. The van der Waals surface area contributed by atoms with E-state index in [1.807, 2.05) is 31.3 Å². The van der Waals surface area contributed by atoms with Crippen molar-refractivity contribution in [2.75, 3.05) is 36.9 Å². The van der Waals surface area contributed by atoms with Crippen LogP contribution in [0.2, 0.25) is 5.02 Å². The second-order valence-electron chi connectivity index (χ2n) is 9.66. The van der Waals surface area contributed by atoms with E-state index < -0.39 is 26.7 Å². The van der Waals surface area contributed by atoms with Crippen LogP contribution in [0.3, 0.4) is 0 Å². The summed E-state index contributed by atoms with van der Waals surface area (Å²) >= 11 is 5.92. The molecule has 4 rings (SSSR count). The minimum atomic E-state index is -4.66. The van der Waals surface area contributed by atoms with Crippen molar-refractivity contribution in [1.82, 2.24) is 14.7 Å². The first-order valence-corrected chi connectivity index (χ1v) is 14.4. The normalized spacial score (nSPS) is 18.5. The lowest BCUT2D eigenvalue weighted by Gasteiger charge is -2.29. The van der Waals surface area contributed by atoms with Crippen molar-refractivity contribution in [3.63, 3.8) is 0 Å². The number of sulfonamides is 1. The molecule has 38 heavy (non-hydrogen) atoms. The van der Waals surface area contributed by atoms with Gasteiger partial charge in [0.25, 0.3) is 0 Å². The summed E-state index contributed by atoms with van der Waals surface area (Å²) in [4.78, 5) is 10.9. The second-order valence-corrected chi connectivity index (χ2v) is 11.8. The first-order valence-electron chi connectivity index (χ1n) is 12.6. The zero-order valence-electron chi connectivity index (χ0n) is 21.2. The first kappa shape index (κ1) is 28.4. The second kappa shape index (κ2) is 11.6. The van der Waals surface area contributed by atoms with Gasteiger partial charge >= 0.3 is 6.18 Å². The zero-order valence-corrected chi connectivity index (χ0v) is 22.8. The summed E-state index contributed by atoms with van der Waals surface area (Å²) in [5.74, 6) is 1.92. The van der Waals surface area contributed by atoms with Gasteiger partial charge in [0.15, 0.2) is 0 Å². The molecule has 1 aliphatic carbocycles. The number of rotatable bonds is 9. The third kappa shape index (κ3) is 6.68. The minimum Gasteiger partial charge on any atom is -0.359 e. The van der Waals surface area contributed by atoms with Crippen LogP contribution in [0.1, 0.15) is 38.2 Å². The standard InChI is InChI=1S/C26H31ClF3N5O2S/c1-3-35(2)24-20-6-4-5-7-22(20)33-25(34-24)31-15-17-8-10-18(11-9-17)16-32-38(36,37)23-14-19(26(28,29)30)12-13-21(23)27/h4-7,12-14,17-18,32H,3,8-11,15-16H2,1-2H3,(H,31,33,34)/t17-,18-. The number of aromatic nitrogens is 2. The Labute approximate surface area is 225 Å². The summed E-state index contributed by atoms with van der Waals surface area (Å²) < 4.78 is 67.0. The number of alkyl halides is 3. The monoisotopic (exact) mass is 569 g/mol. The third-order valence-corrected chi connectivity index (χ3v) is 8.95. The zero-order chi connectivity index (χ0) is 27.5. The summed E-state index contributed by atoms with van der Waals surface area (Å²) in [7, 11) is -2.18. The van der Waals surface area contributed by atoms with Crippen LogP contribution >= 0.6 is 11.6 Å². The lowest BCUT2D eigenvalue weighted by Crippen LogP contribution is -2.32. The van der Waals surface area contributed by atoms with E-state index in [4.69, 9.17) is 16.6 Å². The van der Waals surface area contributed by atoms with Crippen LogP contribution in [0.25, 0.3) is 10.9 Å². The van der Waals surface area contributed by atoms with Crippen LogP contribution in [-0.4, -0.2) is 45.1 Å². The highest BCUT2D eigenvalue weighted by Crippen LogP contribution is 2.34. The van der Waals surface area contributed by atoms with Crippen molar-refractivity contribution in [3.8, 4) is 0 Å². The molecule has 0 radical (unpaired) electrons. The summed E-state index contributed by atoms with van der Waals surface area (Å²) in [6, 6.07) is 10.2. The minimum absolute atomic E-state index is 0.0901. The van der Waals surface area contributed by atoms with Gasteiger partial charge in [0, 0.05) is 32.1 Å². The highest BCUT2D eigenvalue weighted by molar-refractivity contribution is 7.89. The Balaban J connectivity index is 1.32. The van der Waals surface area contributed by atoms with Crippen LogP contribution < -0.4 is 14.9 Å². The average Bonchev–Trinajstić information content (AvgIpc) is 2.90. The Morgan fingerprint density at radius 1 is 1.03 bits per heavy atom. The van der Waals surface area contributed by atoms with Crippen molar-refractivity contribution in [1.29, 1.82) is 0 Å². The lowest BCUT2D eigenvalue weighted by molar-refractivity contribution is -0.137. The molecule has 1 heterocycles. The predicted molar refractivity (Wildman–Crippen MR) is 144 cm³/mol. The number of nitrogens with zero attached hydrogens (tertiary/aromatic N) is 3. The molecule has 1 fully saturated rings. The Kier molecular flexibility index (Phi) is 8.68. The van der Waals surface area contributed by atoms with Gasteiger partial charge in [-0.25, -0.2) is 18.1 Å². The highest BCUT2D eigenvalue weighted by atomic mass is 35.5. The topological polar surface area (TPSA) is 87.2 Å². The van der Waals surface area contributed by atoms with E-state index >= 15 is 0 Å². The molecule has 0 unspecified atom stereocenters. The summed E-state index contributed by atoms with van der Waals surface area (Å²) in [6.45, 7) is 3.73. The van der Waals surface area contributed by atoms with Gasteiger partial charge in [-0.15, -0.1) is 0 Å². The molecule has 2 N–H and O–H groups in total. The van der Waals surface area contributed by atoms with Crippen LogP contribution in [-0.2, 0) is 16.2 Å². The largest absolute Gasteiger partial charge is 0.416 e. The fraction of sp³-hybridized carbons (Fsp3) is 0.462. The molecule has 7 nitrogen and oxygen atoms in total. The SMILES string of the molecule is CCN(C)c1nc(NC[C@H]2CC[C@H](CNS(=O)(=O)c3cc(C(F)(F)F)ccc3Cl)CC2)nc2ccccc12. The van der Waals surface area contributed by atoms with Crippen molar-refractivity contribution < 1.29 is 21.6 Å². The quantitative estimate of drug-likeness (QED) is 0.331. The molecule has 0 amide bonds. The molecule has 0 spiro atoms. The number of para-hydroxylation sites is 1. The van der Waals surface area contributed by atoms with E-state index in [9.17, 15) is 21.6 Å². The molecule has 2 aromatic carbocycles. The van der Waals surface area contributed by atoms with Crippen LogP contribution in [0.4, 0.5) is 24.9 Å². The third-order valence-electron chi connectivity index (χ3n) is 7.04. The Hall–Kier alpha value is -2.63. The Bertz CT molecular complexity index is 1380. The van der Waals surface area contributed by atoms with Crippen molar-refractivity contribution in [2.45, 2.75) is 43.7 Å². The van der Waals surface area contributed by atoms with E-state index in [2.05, 4.69) is 26.8 Å². The van der Waals surface area contributed by atoms with Gasteiger partial charge < -0.3 is 10.2 Å². The van der Waals surface area contributed by atoms with E-state index in [0.717, 1.165) is 61.1 Å². The van der Waals surface area contributed by atoms with E-state index in [1.165, 1.54) is 0 Å². The van der Waals surface area contributed by atoms with Crippen LogP contribution in [0.15, 0.2) is 47.4 Å². The molecule has 12 heteroatoms. The van der Waals surface area contributed by atoms with E-state index in [-0.39, 0.29) is 17.5 Å². The molecular weight excluding hydrogens is 539 g/mol. The van der Waals surface area contributed by atoms with Crippen LogP contribution in [0.5, 0.6) is 0 Å². The molecule has 0 bridgehead atoms. The van der Waals surface area contributed by atoms with Gasteiger partial charge in [0.2, 0.25) is 16.0 Å². The molecule has 0 atom stereocenters. The maximum absolute atomic E-state index is 13.0. The number of hydrogen-bond donors (Lipinski definition) is 2. The summed E-state index contributed by atoms with van der Waals surface area (Å²) in [5, 5.41) is 4.13. The Morgan fingerprint density at radius 3 is 2.34 bits per heavy atom. The number of halogens is 4. The van der Waals surface area contributed by atoms with Crippen molar-refractivity contribution in [2.24, 2.45) is 11.8 Å². The molecule has 1 aromatic heterocycles. The smallest absolute Gasteiger partial charge is 0.359 e. The molecule has 0 aliphatic heterocycles. The van der Waals surface area contributed by atoms with Gasteiger partial charge in [-0.05, 0) is 74.8 Å². The van der Waals surface area contributed by atoms with Crippen molar-refractivity contribution >= 4 is 44.3 Å². The molecule has 206 valence electrons. The molecular formula is C26H31ClF3N5O2S. The van der Waals surface area contributed by atoms with Gasteiger partial charge in [-0.2, -0.15) is 18.2 Å². The number of fused-ring (bicyclic) bond motifs is 1. The molecule has 1 saturated carbocycles. The lowest BCUT2D eigenvalue weighted by atomic mass is 9.82. The Morgan fingerprint density at radius 2 is 1.68 bits per heavy atom. The average molecular weight is 570 g/mol. The van der Waals surface area contributed by atoms with E-state index in [0.29, 0.717) is 24.5 Å². The van der Waals surface area contributed by atoms with Crippen LogP contribution in [0, 0.1) is 11.8 Å². The predicted octanol–water partition coefficient (Wildman–Crippen LogP) is 5.95. The van der Waals surface area contributed by atoms with Crippen molar-refractivity contribution in [3.05, 3.63) is 53.1 Å². The molecule has 3 aromatic rings. The number of benzene rings is 2. The van der Waals surface area contributed by atoms with Gasteiger partial charge in [-0.3, -0.25) is 0 Å². The maximum Gasteiger partial charge on any atom is 0.416 e. The fourth-order valence-electron chi connectivity index (χ4n) is 4.65. The maximum atomic E-state index is 13.0. The highest BCUT2D eigenvalue weighted by Gasteiger charge is 2.33. The number of nitrogens with one attached hydrogen (secondary N) is 2. The fourth-order valence-corrected chi connectivity index (χ4v) is 6.29. The van der Waals surface area contributed by atoms with Gasteiger partial charge in [0.1, 0.15) is 10.7 Å². The molecule has 0 saturated heterocycles.